The predicted molar refractivity (Wildman–Crippen MR) is 86.8 cm³/mol. The highest BCUT2D eigenvalue weighted by Crippen LogP contribution is 2.20. The van der Waals surface area contributed by atoms with Crippen LogP contribution in [0.15, 0.2) is 24.3 Å². The van der Waals surface area contributed by atoms with E-state index in [2.05, 4.69) is 19.0 Å². The molecular formula is C15H21ClN2OS. The minimum absolute atomic E-state index is 0.0989. The first-order valence-electron chi connectivity index (χ1n) is 6.87. The maximum absolute atomic E-state index is 12.7. The molecule has 1 atom stereocenters. The summed E-state index contributed by atoms with van der Waals surface area (Å²) in [5.74, 6) is 2.23. The van der Waals surface area contributed by atoms with Gasteiger partial charge in [0.25, 0.3) is 5.91 Å². The zero-order valence-electron chi connectivity index (χ0n) is 12.0. The number of likely N-dealkylation sites (N-methyl/N-ethyl adjacent to an activating group) is 1. The van der Waals surface area contributed by atoms with Crippen LogP contribution in [0.1, 0.15) is 16.8 Å². The quantitative estimate of drug-likeness (QED) is 0.857. The zero-order valence-corrected chi connectivity index (χ0v) is 13.6. The Balaban J connectivity index is 2.19. The van der Waals surface area contributed by atoms with E-state index in [0.717, 1.165) is 31.0 Å². The van der Waals surface area contributed by atoms with Gasteiger partial charge in [0.2, 0.25) is 0 Å². The number of hydrogen-bond acceptors (Lipinski definition) is 3. The Kier molecular flexibility index (Phi) is 5.75. The number of thioether (sulfide) groups is 1. The van der Waals surface area contributed by atoms with Crippen LogP contribution in [0.2, 0.25) is 5.02 Å². The third-order valence-electron chi connectivity index (χ3n) is 3.35. The van der Waals surface area contributed by atoms with E-state index < -0.39 is 0 Å². The van der Waals surface area contributed by atoms with Crippen LogP contribution in [-0.2, 0) is 0 Å². The summed E-state index contributed by atoms with van der Waals surface area (Å²) in [4.78, 5) is 16.9. The van der Waals surface area contributed by atoms with Crippen molar-refractivity contribution in [2.75, 3.05) is 38.7 Å². The molecule has 0 aromatic heterocycles. The number of carbonyl (C=O) groups is 1. The summed E-state index contributed by atoms with van der Waals surface area (Å²) in [6.07, 6.45) is 1.06. The van der Waals surface area contributed by atoms with Gasteiger partial charge in [-0.25, -0.2) is 0 Å². The Hall–Kier alpha value is -0.710. The largest absolute Gasteiger partial charge is 0.334 e. The third kappa shape index (κ3) is 4.14. The lowest BCUT2D eigenvalue weighted by Gasteiger charge is -2.31. The molecule has 1 aliphatic rings. The number of hydrogen-bond donors (Lipinski definition) is 0. The molecule has 2 rings (SSSR count). The smallest absolute Gasteiger partial charge is 0.254 e. The van der Waals surface area contributed by atoms with Gasteiger partial charge in [-0.2, -0.15) is 11.8 Å². The van der Waals surface area contributed by atoms with E-state index in [1.165, 1.54) is 0 Å². The van der Waals surface area contributed by atoms with E-state index in [-0.39, 0.29) is 11.9 Å². The van der Waals surface area contributed by atoms with E-state index in [1.807, 2.05) is 28.8 Å². The van der Waals surface area contributed by atoms with Crippen LogP contribution in [0.4, 0.5) is 0 Å². The molecule has 0 saturated carbocycles. The van der Waals surface area contributed by atoms with Gasteiger partial charge in [0.15, 0.2) is 0 Å². The van der Waals surface area contributed by atoms with Gasteiger partial charge >= 0.3 is 0 Å². The lowest BCUT2D eigenvalue weighted by Crippen LogP contribution is -2.46. The van der Waals surface area contributed by atoms with Crippen LogP contribution >= 0.6 is 23.4 Å². The van der Waals surface area contributed by atoms with Gasteiger partial charge in [-0.05, 0) is 44.5 Å². The Labute approximate surface area is 130 Å². The molecule has 3 nitrogen and oxygen atoms in total. The molecule has 1 fully saturated rings. The molecule has 1 aromatic rings. The fraction of sp³-hybridized carbons (Fsp3) is 0.533. The van der Waals surface area contributed by atoms with Crippen LogP contribution in [0.5, 0.6) is 0 Å². The average molecular weight is 313 g/mol. The van der Waals surface area contributed by atoms with Crippen molar-refractivity contribution >= 4 is 29.3 Å². The predicted octanol–water partition coefficient (Wildman–Crippen LogP) is 2.85. The summed E-state index contributed by atoms with van der Waals surface area (Å²) < 4.78 is 0. The molecular weight excluding hydrogens is 292 g/mol. The van der Waals surface area contributed by atoms with Gasteiger partial charge in [-0.15, -0.1) is 0 Å². The summed E-state index contributed by atoms with van der Waals surface area (Å²) in [6, 6.07) is 7.51. The first-order valence-corrected chi connectivity index (χ1v) is 8.40. The number of halogens is 1. The highest BCUT2D eigenvalue weighted by atomic mass is 35.5. The van der Waals surface area contributed by atoms with Crippen LogP contribution in [0.3, 0.4) is 0 Å². The molecule has 1 heterocycles. The Morgan fingerprint density at radius 3 is 3.00 bits per heavy atom. The Morgan fingerprint density at radius 2 is 2.30 bits per heavy atom. The molecule has 0 unspecified atom stereocenters. The van der Waals surface area contributed by atoms with E-state index >= 15 is 0 Å². The van der Waals surface area contributed by atoms with Gasteiger partial charge < -0.3 is 9.80 Å². The van der Waals surface area contributed by atoms with Gasteiger partial charge in [0.05, 0.1) is 6.04 Å². The number of amides is 1. The molecule has 0 aliphatic carbocycles. The second-order valence-corrected chi connectivity index (χ2v) is 6.94. The number of benzene rings is 1. The first-order chi connectivity index (χ1) is 9.58. The average Bonchev–Trinajstić information content (AvgIpc) is 2.63. The van der Waals surface area contributed by atoms with E-state index in [9.17, 15) is 4.79 Å². The molecule has 0 radical (unpaired) electrons. The van der Waals surface area contributed by atoms with Crippen LogP contribution in [0.25, 0.3) is 0 Å². The molecule has 20 heavy (non-hydrogen) atoms. The van der Waals surface area contributed by atoms with Crippen molar-refractivity contribution in [3.63, 3.8) is 0 Å². The molecule has 0 spiro atoms. The van der Waals surface area contributed by atoms with Crippen molar-refractivity contribution in [1.82, 2.24) is 9.80 Å². The molecule has 0 N–H and O–H groups in total. The van der Waals surface area contributed by atoms with Crippen LogP contribution in [0, 0.1) is 0 Å². The molecule has 1 aliphatic heterocycles. The van der Waals surface area contributed by atoms with Gasteiger partial charge in [-0.3, -0.25) is 4.79 Å². The maximum Gasteiger partial charge on any atom is 0.254 e. The van der Waals surface area contributed by atoms with Gasteiger partial charge in [-0.1, -0.05) is 17.7 Å². The van der Waals surface area contributed by atoms with Crippen molar-refractivity contribution in [2.24, 2.45) is 0 Å². The van der Waals surface area contributed by atoms with E-state index in [0.29, 0.717) is 10.6 Å². The molecule has 1 amide bonds. The Morgan fingerprint density at radius 1 is 1.50 bits per heavy atom. The number of carbonyl (C=O) groups excluding carboxylic acids is 1. The third-order valence-corrected chi connectivity index (χ3v) is 4.78. The minimum Gasteiger partial charge on any atom is -0.334 e. The SMILES string of the molecule is CN(C)C[C@H]1CSCCCN1C(=O)c1cccc(Cl)c1. The fourth-order valence-electron chi connectivity index (χ4n) is 2.46. The summed E-state index contributed by atoms with van der Waals surface area (Å²) in [5, 5.41) is 0.615. The van der Waals surface area contributed by atoms with Crippen LogP contribution in [-0.4, -0.2) is 60.4 Å². The van der Waals surface area contributed by atoms with Crippen molar-refractivity contribution in [2.45, 2.75) is 12.5 Å². The van der Waals surface area contributed by atoms with Crippen molar-refractivity contribution < 1.29 is 4.79 Å². The van der Waals surface area contributed by atoms with Crippen molar-refractivity contribution in [3.05, 3.63) is 34.9 Å². The summed E-state index contributed by atoms with van der Waals surface area (Å²) in [7, 11) is 4.11. The van der Waals surface area contributed by atoms with Crippen LogP contribution < -0.4 is 0 Å². The monoisotopic (exact) mass is 312 g/mol. The number of nitrogens with zero attached hydrogens (tertiary/aromatic N) is 2. The topological polar surface area (TPSA) is 23.6 Å². The summed E-state index contributed by atoms with van der Waals surface area (Å²) >= 11 is 7.94. The molecule has 5 heteroatoms. The lowest BCUT2D eigenvalue weighted by atomic mass is 10.1. The highest BCUT2D eigenvalue weighted by molar-refractivity contribution is 7.99. The van der Waals surface area contributed by atoms with Crippen molar-refractivity contribution in [3.8, 4) is 0 Å². The second kappa shape index (κ2) is 7.34. The van der Waals surface area contributed by atoms with E-state index in [4.69, 9.17) is 11.6 Å². The molecule has 0 bridgehead atoms. The van der Waals surface area contributed by atoms with E-state index in [1.54, 1.807) is 12.1 Å². The molecule has 1 aromatic carbocycles. The standard InChI is InChI=1S/C15H21ClN2OS/c1-17(2)10-14-11-20-8-4-7-18(14)15(19)12-5-3-6-13(16)9-12/h3,5-6,9,14H,4,7-8,10-11H2,1-2H3/t14-/m0/s1. The Bertz CT molecular complexity index is 467. The zero-order chi connectivity index (χ0) is 14.5. The lowest BCUT2D eigenvalue weighted by molar-refractivity contribution is 0.0675. The molecule has 110 valence electrons. The highest BCUT2D eigenvalue weighted by Gasteiger charge is 2.26. The normalized spacial score (nSPS) is 20.0. The van der Waals surface area contributed by atoms with Gasteiger partial charge in [0.1, 0.15) is 0 Å². The second-order valence-electron chi connectivity index (χ2n) is 5.35. The maximum atomic E-state index is 12.7. The summed E-state index contributed by atoms with van der Waals surface area (Å²) in [5.41, 5.74) is 0.688. The number of rotatable bonds is 3. The van der Waals surface area contributed by atoms with Crippen molar-refractivity contribution in [1.29, 1.82) is 0 Å². The molecule has 1 saturated heterocycles. The fourth-order valence-corrected chi connectivity index (χ4v) is 3.70. The first kappa shape index (κ1) is 15.7. The summed E-state index contributed by atoms with van der Waals surface area (Å²) in [6.45, 7) is 1.73. The minimum atomic E-state index is 0.0989. The van der Waals surface area contributed by atoms with Gasteiger partial charge in [0, 0.05) is 29.4 Å².